The molecule has 1 aliphatic heterocycles. The number of nitrogens with zero attached hydrogens (tertiary/aromatic N) is 2. The molecule has 0 atom stereocenters. The third-order valence-corrected chi connectivity index (χ3v) is 5.15. The molecule has 0 saturated carbocycles. The molecule has 0 bridgehead atoms. The van der Waals surface area contributed by atoms with Crippen molar-refractivity contribution in [1.82, 2.24) is 4.90 Å². The molecule has 0 radical (unpaired) electrons. The van der Waals surface area contributed by atoms with E-state index in [1.165, 1.54) is 0 Å². The summed E-state index contributed by atoms with van der Waals surface area (Å²) in [4.78, 5) is 2.37. The van der Waals surface area contributed by atoms with E-state index >= 15 is 0 Å². The van der Waals surface area contributed by atoms with Crippen molar-refractivity contribution in [2.75, 3.05) is 33.9 Å². The number of hydrogen-bond donors (Lipinski definition) is 1. The summed E-state index contributed by atoms with van der Waals surface area (Å²) in [5.41, 5.74) is -0.244. The normalized spacial score (nSPS) is 17.8. The molecule has 2 rings (SSSR count). The van der Waals surface area contributed by atoms with Crippen molar-refractivity contribution < 1.29 is 14.6 Å². The number of likely N-dealkylation sites (tertiary alicyclic amines) is 1. The van der Waals surface area contributed by atoms with Crippen LogP contribution in [0.1, 0.15) is 45.1 Å². The largest absolute Gasteiger partial charge is 0.497 e. The number of benzene rings is 1. The van der Waals surface area contributed by atoms with Gasteiger partial charge in [0.15, 0.2) is 0 Å². The standard InChI is InChI=1S/C20H30N2O3/c1-19(2,15-21)6-5-9-22-10-7-20(23,8-11-22)16-12-17(24-3)14-18(13-16)25-4/h12-14,23H,5-11H2,1-4H3. The highest BCUT2D eigenvalue weighted by Gasteiger charge is 2.34. The highest BCUT2D eigenvalue weighted by atomic mass is 16.5. The number of nitriles is 1. The van der Waals surface area contributed by atoms with Gasteiger partial charge in [0.05, 0.1) is 31.3 Å². The Morgan fingerprint density at radius 1 is 1.16 bits per heavy atom. The molecule has 5 heteroatoms. The van der Waals surface area contributed by atoms with Crippen LogP contribution < -0.4 is 9.47 Å². The summed E-state index contributed by atoms with van der Waals surface area (Å²) >= 11 is 0. The van der Waals surface area contributed by atoms with Crippen LogP contribution >= 0.6 is 0 Å². The molecule has 1 N–H and O–H groups in total. The van der Waals surface area contributed by atoms with E-state index in [0.29, 0.717) is 24.3 Å². The van der Waals surface area contributed by atoms with E-state index in [1.54, 1.807) is 14.2 Å². The summed E-state index contributed by atoms with van der Waals surface area (Å²) in [6.45, 7) is 6.64. The molecule has 1 saturated heterocycles. The Hall–Kier alpha value is -1.77. The molecule has 25 heavy (non-hydrogen) atoms. The Morgan fingerprint density at radius 2 is 1.72 bits per heavy atom. The quantitative estimate of drug-likeness (QED) is 0.820. The maximum Gasteiger partial charge on any atom is 0.122 e. The second kappa shape index (κ2) is 8.07. The van der Waals surface area contributed by atoms with Crippen molar-refractivity contribution in [2.24, 2.45) is 5.41 Å². The number of hydrogen-bond acceptors (Lipinski definition) is 5. The van der Waals surface area contributed by atoms with Gasteiger partial charge in [0.1, 0.15) is 11.5 Å². The van der Waals surface area contributed by atoms with Gasteiger partial charge in [-0.3, -0.25) is 0 Å². The van der Waals surface area contributed by atoms with Crippen molar-refractivity contribution in [1.29, 1.82) is 5.26 Å². The van der Waals surface area contributed by atoms with Crippen LogP contribution in [-0.2, 0) is 5.60 Å². The predicted molar refractivity (Wildman–Crippen MR) is 97.7 cm³/mol. The zero-order valence-electron chi connectivity index (χ0n) is 15.8. The van der Waals surface area contributed by atoms with E-state index in [2.05, 4.69) is 11.0 Å². The zero-order valence-corrected chi connectivity index (χ0v) is 15.8. The van der Waals surface area contributed by atoms with E-state index in [9.17, 15) is 5.11 Å². The summed E-state index contributed by atoms with van der Waals surface area (Å²) in [6, 6.07) is 7.96. The lowest BCUT2D eigenvalue weighted by Gasteiger charge is -2.39. The number of rotatable bonds is 7. The topological polar surface area (TPSA) is 65.7 Å². The maximum absolute atomic E-state index is 11.1. The molecule has 138 valence electrons. The van der Waals surface area contributed by atoms with Gasteiger partial charge in [-0.05, 0) is 63.8 Å². The molecular formula is C20H30N2O3. The SMILES string of the molecule is COc1cc(OC)cc(C2(O)CCN(CCCC(C)(C)C#N)CC2)c1. The average Bonchev–Trinajstić information content (AvgIpc) is 2.63. The van der Waals surface area contributed by atoms with Crippen molar-refractivity contribution in [3.63, 3.8) is 0 Å². The van der Waals surface area contributed by atoms with Gasteiger partial charge in [-0.2, -0.15) is 5.26 Å². The average molecular weight is 346 g/mol. The van der Waals surface area contributed by atoms with Crippen LogP contribution in [0.4, 0.5) is 0 Å². The van der Waals surface area contributed by atoms with Crippen LogP contribution in [0, 0.1) is 16.7 Å². The van der Waals surface area contributed by atoms with Gasteiger partial charge in [-0.1, -0.05) is 0 Å². The maximum atomic E-state index is 11.1. The number of piperidine rings is 1. The molecule has 1 fully saturated rings. The summed E-state index contributed by atoms with van der Waals surface area (Å²) in [5, 5.41) is 20.2. The van der Waals surface area contributed by atoms with Crippen molar-refractivity contribution in [3.8, 4) is 17.6 Å². The highest BCUT2D eigenvalue weighted by molar-refractivity contribution is 5.41. The van der Waals surface area contributed by atoms with Crippen LogP contribution in [0.2, 0.25) is 0 Å². The summed E-state index contributed by atoms with van der Waals surface area (Å²) in [6.07, 6.45) is 3.28. The van der Waals surface area contributed by atoms with E-state index in [0.717, 1.165) is 38.0 Å². The van der Waals surface area contributed by atoms with Gasteiger partial charge >= 0.3 is 0 Å². The molecular weight excluding hydrogens is 316 g/mol. The third kappa shape index (κ3) is 5.10. The summed E-state index contributed by atoms with van der Waals surface area (Å²) in [5.74, 6) is 1.40. The smallest absolute Gasteiger partial charge is 0.122 e. The van der Waals surface area contributed by atoms with Gasteiger partial charge in [-0.15, -0.1) is 0 Å². The molecule has 1 heterocycles. The minimum absolute atomic E-state index is 0.256. The summed E-state index contributed by atoms with van der Waals surface area (Å²) < 4.78 is 10.6. The first kappa shape index (κ1) is 19.6. The second-order valence-electron chi connectivity index (χ2n) is 7.57. The molecule has 0 unspecified atom stereocenters. The molecule has 1 aromatic rings. The van der Waals surface area contributed by atoms with Crippen LogP contribution in [0.15, 0.2) is 18.2 Å². The van der Waals surface area contributed by atoms with Crippen molar-refractivity contribution in [2.45, 2.75) is 45.1 Å². The van der Waals surface area contributed by atoms with Crippen LogP contribution in [0.25, 0.3) is 0 Å². The predicted octanol–water partition coefficient (Wildman–Crippen LogP) is 3.32. The van der Waals surface area contributed by atoms with E-state index in [4.69, 9.17) is 14.7 Å². The van der Waals surface area contributed by atoms with E-state index in [-0.39, 0.29) is 5.41 Å². The van der Waals surface area contributed by atoms with Gasteiger partial charge in [-0.25, -0.2) is 0 Å². The first-order chi connectivity index (χ1) is 11.8. The zero-order chi connectivity index (χ0) is 18.5. The lowest BCUT2D eigenvalue weighted by Crippen LogP contribution is -2.43. The fourth-order valence-electron chi connectivity index (χ4n) is 3.31. The number of aliphatic hydroxyl groups is 1. The van der Waals surface area contributed by atoms with Crippen LogP contribution in [0.3, 0.4) is 0 Å². The summed E-state index contributed by atoms with van der Waals surface area (Å²) in [7, 11) is 3.24. The molecule has 0 spiro atoms. The lowest BCUT2D eigenvalue weighted by molar-refractivity contribution is -0.0266. The second-order valence-corrected chi connectivity index (χ2v) is 7.57. The molecule has 0 aromatic heterocycles. The van der Waals surface area contributed by atoms with Crippen LogP contribution in [-0.4, -0.2) is 43.9 Å². The fraction of sp³-hybridized carbons (Fsp3) is 0.650. The Kier molecular flexibility index (Phi) is 6.31. The Balaban J connectivity index is 1.95. The Bertz CT molecular complexity index is 592. The van der Waals surface area contributed by atoms with Gasteiger partial charge in [0, 0.05) is 19.2 Å². The fourth-order valence-corrected chi connectivity index (χ4v) is 3.31. The van der Waals surface area contributed by atoms with Gasteiger partial charge in [0.2, 0.25) is 0 Å². The minimum atomic E-state index is -0.843. The third-order valence-electron chi connectivity index (χ3n) is 5.15. The lowest BCUT2D eigenvalue weighted by atomic mass is 9.84. The molecule has 0 amide bonds. The van der Waals surface area contributed by atoms with E-state index < -0.39 is 5.60 Å². The number of ether oxygens (including phenoxy) is 2. The first-order valence-electron chi connectivity index (χ1n) is 8.91. The minimum Gasteiger partial charge on any atom is -0.497 e. The highest BCUT2D eigenvalue weighted by Crippen LogP contribution is 2.37. The molecule has 1 aromatic carbocycles. The Morgan fingerprint density at radius 3 is 2.20 bits per heavy atom. The monoisotopic (exact) mass is 346 g/mol. The van der Waals surface area contributed by atoms with Gasteiger partial charge < -0.3 is 19.5 Å². The first-order valence-corrected chi connectivity index (χ1v) is 8.91. The van der Waals surface area contributed by atoms with Crippen molar-refractivity contribution >= 4 is 0 Å². The Labute approximate surface area is 151 Å². The van der Waals surface area contributed by atoms with Gasteiger partial charge in [0.25, 0.3) is 0 Å². The number of methoxy groups -OCH3 is 2. The van der Waals surface area contributed by atoms with E-state index in [1.807, 2.05) is 32.0 Å². The molecule has 5 nitrogen and oxygen atoms in total. The molecule has 0 aliphatic carbocycles. The van der Waals surface area contributed by atoms with Crippen molar-refractivity contribution in [3.05, 3.63) is 23.8 Å². The molecule has 1 aliphatic rings. The van der Waals surface area contributed by atoms with Crippen LogP contribution in [0.5, 0.6) is 11.5 Å².